The minimum absolute atomic E-state index is 0.268. The fraction of sp³-hybridized carbons (Fsp3) is 0.944. The molecule has 2 unspecified atom stereocenters. The lowest BCUT2D eigenvalue weighted by molar-refractivity contribution is -0.138. The number of rotatable bonds is 32. The van der Waals surface area contributed by atoms with Crippen LogP contribution in [-0.4, -0.2) is 34.5 Å². The molecule has 0 amide bonds. The summed E-state index contributed by atoms with van der Waals surface area (Å²) in [7, 11) is 0. The van der Waals surface area contributed by atoms with Crippen molar-refractivity contribution in [3.8, 4) is 0 Å². The zero-order valence-corrected chi connectivity index (χ0v) is 27.8. The summed E-state index contributed by atoms with van der Waals surface area (Å²) in [5, 5.41) is 17.0. The molecule has 0 aromatic rings. The number of halogens is 2. The van der Waals surface area contributed by atoms with Gasteiger partial charge in [-0.3, -0.25) is 9.59 Å². The molecule has 4 nitrogen and oxygen atoms in total. The van der Waals surface area contributed by atoms with E-state index in [1.54, 1.807) is 0 Å². The van der Waals surface area contributed by atoms with Gasteiger partial charge in [0.05, 0.1) is 0 Å². The predicted octanol–water partition coefficient (Wildman–Crippen LogP) is 12.6. The molecule has 2 N–H and O–H groups in total. The predicted molar refractivity (Wildman–Crippen MR) is 175 cm³/mol. The number of aliphatic carboxylic acids is 2. The van der Waals surface area contributed by atoms with Crippen molar-refractivity contribution in [2.45, 2.75) is 219 Å². The van der Waals surface area contributed by atoms with Gasteiger partial charge in [0, 0.05) is 12.8 Å². The van der Waals surface area contributed by atoms with Gasteiger partial charge in [0.25, 0.3) is 0 Å². The number of alkyl halides is 2. The van der Waals surface area contributed by atoms with Crippen LogP contribution in [0.25, 0.3) is 0 Å². The smallest absolute Gasteiger partial charge is 0.303 e. The molecule has 0 aliphatic rings. The molecule has 252 valence electrons. The zero-order chi connectivity index (χ0) is 31.5. The average molecular weight is 605 g/mol. The van der Waals surface area contributed by atoms with Crippen LogP contribution in [-0.2, 0) is 9.59 Å². The van der Waals surface area contributed by atoms with E-state index in [1.165, 1.54) is 70.6 Å². The number of hydrogen-bond acceptors (Lipinski definition) is 2. The molecule has 0 fully saturated rings. The molecule has 0 aliphatic heterocycles. The molecule has 0 aromatic heterocycles. The highest BCUT2D eigenvalue weighted by Gasteiger charge is 2.07. The summed E-state index contributed by atoms with van der Waals surface area (Å²) >= 11 is 0. The van der Waals surface area contributed by atoms with Crippen LogP contribution < -0.4 is 0 Å². The van der Waals surface area contributed by atoms with Gasteiger partial charge in [-0.15, -0.1) is 0 Å². The summed E-state index contributed by atoms with van der Waals surface area (Å²) < 4.78 is 27.3. The molecule has 6 heteroatoms. The SMILES string of the molecule is CCCCCCCCC(F)CCCCCCCCC(=O)O.CCCCCCCCCC(F)CCCCCCCC(=O)O. The van der Waals surface area contributed by atoms with Crippen LogP contribution in [0, 0.1) is 0 Å². The van der Waals surface area contributed by atoms with E-state index in [4.69, 9.17) is 10.2 Å². The summed E-state index contributed by atoms with van der Waals surface area (Å²) in [5.41, 5.74) is 0. The monoisotopic (exact) mass is 605 g/mol. The third kappa shape index (κ3) is 40.9. The molecule has 0 spiro atoms. The van der Waals surface area contributed by atoms with Crippen LogP contribution >= 0.6 is 0 Å². The lowest BCUT2D eigenvalue weighted by Crippen LogP contribution is -2.00. The number of carboxylic acids is 2. The molecule has 2 atom stereocenters. The van der Waals surface area contributed by atoms with E-state index < -0.39 is 24.3 Å². The van der Waals surface area contributed by atoms with Gasteiger partial charge in [0.2, 0.25) is 0 Å². The molecule has 42 heavy (non-hydrogen) atoms. The fourth-order valence-electron chi connectivity index (χ4n) is 5.28. The highest BCUT2D eigenvalue weighted by Crippen LogP contribution is 2.18. The lowest BCUT2D eigenvalue weighted by Gasteiger charge is -2.08. The number of carbonyl (C=O) groups is 2. The largest absolute Gasteiger partial charge is 0.481 e. The van der Waals surface area contributed by atoms with Crippen molar-refractivity contribution in [1.29, 1.82) is 0 Å². The first kappa shape index (κ1) is 42.9. The normalized spacial score (nSPS) is 12.5. The van der Waals surface area contributed by atoms with Gasteiger partial charge < -0.3 is 10.2 Å². The Balaban J connectivity index is 0. The van der Waals surface area contributed by atoms with E-state index in [0.29, 0.717) is 12.8 Å². The first-order chi connectivity index (χ1) is 20.3. The van der Waals surface area contributed by atoms with Gasteiger partial charge in [0.15, 0.2) is 0 Å². The summed E-state index contributed by atoms with van der Waals surface area (Å²) in [6.45, 7) is 4.43. The van der Waals surface area contributed by atoms with Gasteiger partial charge >= 0.3 is 11.9 Å². The van der Waals surface area contributed by atoms with E-state index in [-0.39, 0.29) is 12.8 Å². The third-order valence-electron chi connectivity index (χ3n) is 8.06. The average Bonchev–Trinajstić information content (AvgIpc) is 2.95. The van der Waals surface area contributed by atoms with E-state index >= 15 is 0 Å². The molecular weight excluding hydrogens is 534 g/mol. The van der Waals surface area contributed by atoms with E-state index in [1.807, 2.05) is 0 Å². The Morgan fingerprint density at radius 2 is 0.619 bits per heavy atom. The summed E-state index contributed by atoms with van der Waals surface area (Å²) in [5.74, 6) is -1.42. The van der Waals surface area contributed by atoms with E-state index in [2.05, 4.69) is 13.8 Å². The second kappa shape index (κ2) is 36.0. The Labute approximate surface area is 259 Å². The highest BCUT2D eigenvalue weighted by molar-refractivity contribution is 5.66. The summed E-state index contributed by atoms with van der Waals surface area (Å²) in [6.07, 6.45) is 29.1. The van der Waals surface area contributed by atoms with Crippen LogP contribution in [0.4, 0.5) is 8.78 Å². The zero-order valence-electron chi connectivity index (χ0n) is 27.8. The van der Waals surface area contributed by atoms with Crippen molar-refractivity contribution < 1.29 is 28.6 Å². The number of carboxylic acid groups (broad SMARTS) is 2. The van der Waals surface area contributed by atoms with E-state index in [0.717, 1.165) is 96.3 Å². The van der Waals surface area contributed by atoms with Crippen LogP contribution in [0.3, 0.4) is 0 Å². The molecule has 0 rings (SSSR count). The van der Waals surface area contributed by atoms with E-state index in [9.17, 15) is 18.4 Å². The molecule has 0 heterocycles. The van der Waals surface area contributed by atoms with Gasteiger partial charge in [0.1, 0.15) is 12.3 Å². The Bertz CT molecular complexity index is 559. The second-order valence-electron chi connectivity index (χ2n) is 12.4. The first-order valence-electron chi connectivity index (χ1n) is 18.0. The Kier molecular flexibility index (Phi) is 36.8. The molecule has 0 saturated heterocycles. The minimum Gasteiger partial charge on any atom is -0.481 e. The Morgan fingerprint density at radius 3 is 0.857 bits per heavy atom. The molecule has 0 aliphatic carbocycles. The minimum atomic E-state index is -0.714. The van der Waals surface area contributed by atoms with Crippen LogP contribution in [0.15, 0.2) is 0 Å². The van der Waals surface area contributed by atoms with Crippen molar-refractivity contribution in [2.24, 2.45) is 0 Å². The van der Waals surface area contributed by atoms with Gasteiger partial charge in [-0.2, -0.15) is 0 Å². The molecular formula is C36H70F2O4. The number of unbranched alkanes of at least 4 members (excludes halogenated alkanes) is 20. The Morgan fingerprint density at radius 1 is 0.405 bits per heavy atom. The van der Waals surface area contributed by atoms with Crippen molar-refractivity contribution in [1.82, 2.24) is 0 Å². The lowest BCUT2D eigenvalue weighted by atomic mass is 10.0. The second-order valence-corrected chi connectivity index (χ2v) is 12.4. The quantitative estimate of drug-likeness (QED) is 0.0749. The maximum atomic E-state index is 13.6. The standard InChI is InChI=1S/2C18H35FO2/c1-2-3-4-5-8-11-14-17(19)15-12-9-6-7-10-13-16-18(20)21;1-2-3-4-5-6-8-11-14-17(19)15-12-9-7-10-13-16-18(20)21/h2*17H,2-16H2,1H3,(H,20,21). The Hall–Kier alpha value is -1.20. The van der Waals surface area contributed by atoms with Crippen LogP contribution in [0.2, 0.25) is 0 Å². The van der Waals surface area contributed by atoms with Crippen molar-refractivity contribution in [3.05, 3.63) is 0 Å². The van der Waals surface area contributed by atoms with Crippen LogP contribution in [0.5, 0.6) is 0 Å². The van der Waals surface area contributed by atoms with Gasteiger partial charge in [-0.05, 0) is 38.5 Å². The highest BCUT2D eigenvalue weighted by atomic mass is 19.1. The van der Waals surface area contributed by atoms with Crippen molar-refractivity contribution >= 4 is 11.9 Å². The van der Waals surface area contributed by atoms with Gasteiger partial charge in [-0.25, -0.2) is 8.78 Å². The molecule has 0 aromatic carbocycles. The molecule has 0 bridgehead atoms. The summed E-state index contributed by atoms with van der Waals surface area (Å²) in [6, 6.07) is 0. The summed E-state index contributed by atoms with van der Waals surface area (Å²) in [4.78, 5) is 20.7. The fourth-order valence-corrected chi connectivity index (χ4v) is 5.28. The maximum Gasteiger partial charge on any atom is 0.303 e. The third-order valence-corrected chi connectivity index (χ3v) is 8.06. The number of hydrogen-bond donors (Lipinski definition) is 2. The van der Waals surface area contributed by atoms with Crippen molar-refractivity contribution in [3.63, 3.8) is 0 Å². The van der Waals surface area contributed by atoms with Crippen LogP contribution in [0.1, 0.15) is 206 Å². The molecule has 0 saturated carbocycles. The maximum absolute atomic E-state index is 13.6. The van der Waals surface area contributed by atoms with Crippen molar-refractivity contribution in [2.75, 3.05) is 0 Å². The first-order valence-corrected chi connectivity index (χ1v) is 18.0. The van der Waals surface area contributed by atoms with Gasteiger partial charge in [-0.1, -0.05) is 155 Å². The molecule has 0 radical (unpaired) electrons. The topological polar surface area (TPSA) is 74.6 Å².